The number of carbonyl (C=O) groups is 1. The highest BCUT2D eigenvalue weighted by molar-refractivity contribution is 6.26. The van der Waals surface area contributed by atoms with Crippen LogP contribution in [0.4, 0.5) is 0 Å². The van der Waals surface area contributed by atoms with E-state index in [2.05, 4.69) is 5.32 Å². The Balaban J connectivity index is 2.99. The topological polar surface area (TPSA) is 53.0 Å². The molecule has 1 aromatic carbocycles. The Morgan fingerprint density at radius 1 is 1.33 bits per heavy atom. The summed E-state index contributed by atoms with van der Waals surface area (Å²) in [6.07, 6.45) is 1.65. The minimum atomic E-state index is -0.230. The zero-order chi connectivity index (χ0) is 11.3. The van der Waals surface area contributed by atoms with Crippen LogP contribution in [0.1, 0.15) is 12.5 Å². The lowest BCUT2D eigenvalue weighted by Crippen LogP contribution is -2.24. The molecule has 0 aliphatic carbocycles. The molecular formula is C12H14N2O. The first-order chi connectivity index (χ1) is 7.20. The van der Waals surface area contributed by atoms with Crippen LogP contribution in [0.2, 0.25) is 0 Å². The quantitative estimate of drug-likeness (QED) is 0.569. The van der Waals surface area contributed by atoms with E-state index < -0.39 is 0 Å². The van der Waals surface area contributed by atoms with Gasteiger partial charge in [-0.3, -0.25) is 10.2 Å². The summed E-state index contributed by atoms with van der Waals surface area (Å²) < 4.78 is 0. The summed E-state index contributed by atoms with van der Waals surface area (Å²) in [6, 6.07) is 9.21. The standard InChI is InChI=1S/C12H14N2O/c1-3-10(12(15)14-2)11(13)9-7-5-4-6-8-9/h3-8,13H,1-2H3,(H,14,15)/b10-3+,13-11?. The molecular weight excluding hydrogens is 188 g/mol. The van der Waals surface area contributed by atoms with Gasteiger partial charge in [0, 0.05) is 12.6 Å². The normalized spacial score (nSPS) is 10.9. The minimum absolute atomic E-state index is 0.230. The Hall–Kier alpha value is -1.90. The maximum Gasteiger partial charge on any atom is 0.252 e. The van der Waals surface area contributed by atoms with Crippen molar-refractivity contribution in [2.75, 3.05) is 7.05 Å². The van der Waals surface area contributed by atoms with Crippen molar-refractivity contribution in [1.29, 1.82) is 5.41 Å². The summed E-state index contributed by atoms with van der Waals surface area (Å²) in [7, 11) is 1.56. The lowest BCUT2D eigenvalue weighted by molar-refractivity contribution is -0.116. The molecule has 0 saturated heterocycles. The monoisotopic (exact) mass is 202 g/mol. The van der Waals surface area contributed by atoms with Crippen LogP contribution >= 0.6 is 0 Å². The number of allylic oxidation sites excluding steroid dienone is 1. The predicted molar refractivity (Wildman–Crippen MR) is 61.1 cm³/mol. The van der Waals surface area contributed by atoms with E-state index in [1.165, 1.54) is 0 Å². The Bertz CT molecular complexity index is 393. The van der Waals surface area contributed by atoms with Crippen LogP contribution in [-0.4, -0.2) is 18.7 Å². The second-order valence-corrected chi connectivity index (χ2v) is 3.02. The van der Waals surface area contributed by atoms with E-state index in [0.717, 1.165) is 5.56 Å². The fraction of sp³-hybridized carbons (Fsp3) is 0.167. The van der Waals surface area contributed by atoms with Gasteiger partial charge in [-0.1, -0.05) is 36.4 Å². The van der Waals surface area contributed by atoms with Crippen molar-refractivity contribution in [2.24, 2.45) is 0 Å². The smallest absolute Gasteiger partial charge is 0.252 e. The highest BCUT2D eigenvalue weighted by Crippen LogP contribution is 2.08. The number of benzene rings is 1. The van der Waals surface area contributed by atoms with Gasteiger partial charge in [0.2, 0.25) is 0 Å². The van der Waals surface area contributed by atoms with E-state index in [4.69, 9.17) is 5.41 Å². The Morgan fingerprint density at radius 2 is 1.93 bits per heavy atom. The number of hydrogen-bond donors (Lipinski definition) is 2. The first-order valence-corrected chi connectivity index (χ1v) is 4.73. The molecule has 0 aromatic heterocycles. The second kappa shape index (κ2) is 5.10. The number of rotatable bonds is 3. The van der Waals surface area contributed by atoms with Gasteiger partial charge in [-0.15, -0.1) is 0 Å². The lowest BCUT2D eigenvalue weighted by Gasteiger charge is -2.07. The van der Waals surface area contributed by atoms with Gasteiger partial charge in [0.05, 0.1) is 11.3 Å². The molecule has 78 valence electrons. The van der Waals surface area contributed by atoms with E-state index in [9.17, 15) is 4.79 Å². The molecule has 1 amide bonds. The van der Waals surface area contributed by atoms with Gasteiger partial charge in [-0.05, 0) is 6.92 Å². The highest BCUT2D eigenvalue weighted by atomic mass is 16.1. The molecule has 3 heteroatoms. The van der Waals surface area contributed by atoms with E-state index in [0.29, 0.717) is 5.57 Å². The molecule has 1 aromatic rings. The molecule has 0 radical (unpaired) electrons. The van der Waals surface area contributed by atoms with Gasteiger partial charge >= 0.3 is 0 Å². The zero-order valence-corrected chi connectivity index (χ0v) is 8.87. The number of amides is 1. The zero-order valence-electron chi connectivity index (χ0n) is 8.87. The van der Waals surface area contributed by atoms with E-state index in [1.807, 2.05) is 30.3 Å². The van der Waals surface area contributed by atoms with Crippen LogP contribution in [0.25, 0.3) is 0 Å². The van der Waals surface area contributed by atoms with Crippen molar-refractivity contribution in [1.82, 2.24) is 5.32 Å². The SMILES string of the molecule is C/C=C(\C(=N)c1ccccc1)C(=O)NC. The lowest BCUT2D eigenvalue weighted by atomic mass is 10.0. The Labute approximate surface area is 89.3 Å². The molecule has 0 spiro atoms. The molecule has 0 saturated carbocycles. The molecule has 0 aliphatic rings. The van der Waals surface area contributed by atoms with Gasteiger partial charge in [-0.2, -0.15) is 0 Å². The molecule has 0 atom stereocenters. The Morgan fingerprint density at radius 3 is 2.40 bits per heavy atom. The summed E-state index contributed by atoms with van der Waals surface area (Å²) in [6.45, 7) is 1.75. The van der Waals surface area contributed by atoms with Crippen LogP contribution in [0.5, 0.6) is 0 Å². The van der Waals surface area contributed by atoms with E-state index in [1.54, 1.807) is 20.0 Å². The van der Waals surface area contributed by atoms with Gasteiger partial charge in [0.25, 0.3) is 5.91 Å². The number of likely N-dealkylation sites (N-methyl/N-ethyl adjacent to an activating group) is 1. The van der Waals surface area contributed by atoms with Gasteiger partial charge in [-0.25, -0.2) is 0 Å². The van der Waals surface area contributed by atoms with Crippen LogP contribution in [0.3, 0.4) is 0 Å². The summed E-state index contributed by atoms with van der Waals surface area (Å²) in [5.74, 6) is -0.230. The average Bonchev–Trinajstić information content (AvgIpc) is 2.30. The van der Waals surface area contributed by atoms with Crippen molar-refractivity contribution >= 4 is 11.6 Å². The average molecular weight is 202 g/mol. The molecule has 15 heavy (non-hydrogen) atoms. The number of nitrogens with one attached hydrogen (secondary N) is 2. The van der Waals surface area contributed by atoms with Crippen molar-refractivity contribution < 1.29 is 4.79 Å². The molecule has 3 nitrogen and oxygen atoms in total. The van der Waals surface area contributed by atoms with E-state index >= 15 is 0 Å². The molecule has 0 heterocycles. The fourth-order valence-electron chi connectivity index (χ4n) is 1.28. The van der Waals surface area contributed by atoms with Crippen LogP contribution in [0, 0.1) is 5.41 Å². The summed E-state index contributed by atoms with van der Waals surface area (Å²) >= 11 is 0. The van der Waals surface area contributed by atoms with Gasteiger partial charge in [0.15, 0.2) is 0 Å². The minimum Gasteiger partial charge on any atom is -0.355 e. The maximum atomic E-state index is 11.4. The number of hydrogen-bond acceptors (Lipinski definition) is 2. The summed E-state index contributed by atoms with van der Waals surface area (Å²) in [4.78, 5) is 11.4. The third-order valence-electron chi connectivity index (χ3n) is 2.09. The third kappa shape index (κ3) is 2.53. The predicted octanol–water partition coefficient (Wildman–Crippen LogP) is 1.75. The van der Waals surface area contributed by atoms with Crippen LogP contribution < -0.4 is 5.32 Å². The van der Waals surface area contributed by atoms with Crippen molar-refractivity contribution in [3.63, 3.8) is 0 Å². The van der Waals surface area contributed by atoms with Gasteiger partial charge in [0.1, 0.15) is 0 Å². The van der Waals surface area contributed by atoms with Crippen molar-refractivity contribution in [2.45, 2.75) is 6.92 Å². The van der Waals surface area contributed by atoms with E-state index in [-0.39, 0.29) is 11.6 Å². The molecule has 2 N–H and O–H groups in total. The van der Waals surface area contributed by atoms with Crippen LogP contribution in [0.15, 0.2) is 42.0 Å². The fourth-order valence-corrected chi connectivity index (χ4v) is 1.28. The third-order valence-corrected chi connectivity index (χ3v) is 2.09. The largest absolute Gasteiger partial charge is 0.355 e. The highest BCUT2D eigenvalue weighted by Gasteiger charge is 2.13. The Kier molecular flexibility index (Phi) is 3.80. The molecule has 0 bridgehead atoms. The number of carbonyl (C=O) groups excluding carboxylic acids is 1. The maximum absolute atomic E-state index is 11.4. The van der Waals surface area contributed by atoms with Gasteiger partial charge < -0.3 is 5.32 Å². The second-order valence-electron chi connectivity index (χ2n) is 3.02. The summed E-state index contributed by atoms with van der Waals surface area (Å²) in [5, 5.41) is 10.4. The molecule has 1 rings (SSSR count). The summed E-state index contributed by atoms with van der Waals surface area (Å²) in [5.41, 5.74) is 1.38. The van der Waals surface area contributed by atoms with Crippen molar-refractivity contribution in [3.05, 3.63) is 47.5 Å². The first kappa shape index (κ1) is 11.2. The van der Waals surface area contributed by atoms with Crippen molar-refractivity contribution in [3.8, 4) is 0 Å². The first-order valence-electron chi connectivity index (χ1n) is 4.73. The molecule has 0 fully saturated rings. The molecule has 0 aliphatic heterocycles. The van der Waals surface area contributed by atoms with Crippen LogP contribution in [-0.2, 0) is 4.79 Å². The molecule has 0 unspecified atom stereocenters.